The van der Waals surface area contributed by atoms with Crippen molar-refractivity contribution in [1.82, 2.24) is 0 Å². The number of esters is 2. The molecule has 0 aromatic heterocycles. The van der Waals surface area contributed by atoms with Gasteiger partial charge in [-0.1, -0.05) is 124 Å². The molecule has 2 atom stereocenters. The topological polar surface area (TPSA) is 72.8 Å². The van der Waals surface area contributed by atoms with Crippen molar-refractivity contribution in [2.24, 2.45) is 0 Å². The van der Waals surface area contributed by atoms with Gasteiger partial charge >= 0.3 is 11.9 Å². The van der Waals surface area contributed by atoms with Crippen molar-refractivity contribution in [3.63, 3.8) is 0 Å². The van der Waals surface area contributed by atoms with Crippen molar-refractivity contribution < 1.29 is 24.2 Å². The standard InChI is InChI=1S/C35H66O5/c1-4-7-9-11-13-15-17-19-21-27-34(6-3)29-23-25-33(38)40-35(31-36,30-24-26-32(37)39-34)28-22-20-18-16-14-12-10-8-5-2/h36H,4-31H2,1-3H3/t34-,35-/m0/s1. The Morgan fingerprint density at radius 3 is 1.30 bits per heavy atom. The molecule has 1 heterocycles. The summed E-state index contributed by atoms with van der Waals surface area (Å²) >= 11 is 0. The summed E-state index contributed by atoms with van der Waals surface area (Å²) in [6.07, 6.45) is 27.8. The van der Waals surface area contributed by atoms with E-state index >= 15 is 0 Å². The van der Waals surface area contributed by atoms with Crippen molar-refractivity contribution in [1.29, 1.82) is 0 Å². The molecule has 1 fully saturated rings. The van der Waals surface area contributed by atoms with E-state index in [1.807, 2.05) is 0 Å². The predicted octanol–water partition coefficient (Wildman–Crippen LogP) is 10.1. The Kier molecular flexibility index (Phi) is 21.7. The van der Waals surface area contributed by atoms with Crippen molar-refractivity contribution in [3.05, 3.63) is 0 Å². The van der Waals surface area contributed by atoms with E-state index in [0.717, 1.165) is 32.1 Å². The van der Waals surface area contributed by atoms with Crippen LogP contribution in [-0.2, 0) is 19.1 Å². The third-order valence-electron chi connectivity index (χ3n) is 9.09. The minimum Gasteiger partial charge on any atom is -0.459 e. The van der Waals surface area contributed by atoms with E-state index in [1.165, 1.54) is 96.3 Å². The summed E-state index contributed by atoms with van der Waals surface area (Å²) in [7, 11) is 0. The fourth-order valence-electron chi connectivity index (χ4n) is 6.28. The monoisotopic (exact) mass is 566 g/mol. The summed E-state index contributed by atoms with van der Waals surface area (Å²) in [6, 6.07) is 0. The fourth-order valence-corrected chi connectivity index (χ4v) is 6.28. The molecule has 0 amide bonds. The van der Waals surface area contributed by atoms with Crippen molar-refractivity contribution in [3.8, 4) is 0 Å². The van der Waals surface area contributed by atoms with Crippen molar-refractivity contribution >= 4 is 11.9 Å². The Balaban J connectivity index is 2.53. The third kappa shape index (κ3) is 17.0. The first-order valence-corrected chi connectivity index (χ1v) is 17.5. The van der Waals surface area contributed by atoms with Gasteiger partial charge in [0.1, 0.15) is 11.2 Å². The zero-order chi connectivity index (χ0) is 29.4. The molecule has 0 aliphatic carbocycles. The minimum absolute atomic E-state index is 0.139. The Morgan fingerprint density at radius 1 is 0.550 bits per heavy atom. The molecule has 0 bridgehead atoms. The van der Waals surface area contributed by atoms with E-state index in [2.05, 4.69) is 20.8 Å². The van der Waals surface area contributed by atoms with E-state index in [9.17, 15) is 14.7 Å². The van der Waals surface area contributed by atoms with Gasteiger partial charge in [-0.2, -0.15) is 0 Å². The fraction of sp³-hybridized carbons (Fsp3) is 0.943. The van der Waals surface area contributed by atoms with E-state index in [1.54, 1.807) is 0 Å². The molecule has 0 unspecified atom stereocenters. The van der Waals surface area contributed by atoms with Gasteiger partial charge in [-0.05, 0) is 57.8 Å². The zero-order valence-electron chi connectivity index (χ0n) is 26.9. The zero-order valence-corrected chi connectivity index (χ0v) is 26.9. The molecule has 0 aromatic rings. The maximum absolute atomic E-state index is 12.9. The number of aliphatic hydroxyl groups is 1. The van der Waals surface area contributed by atoms with Gasteiger partial charge in [0.25, 0.3) is 0 Å². The number of carbonyl (C=O) groups is 2. The van der Waals surface area contributed by atoms with Crippen LogP contribution in [0, 0.1) is 0 Å². The first kappa shape index (κ1) is 36.9. The summed E-state index contributed by atoms with van der Waals surface area (Å²) in [5, 5.41) is 10.3. The number of hydrogen-bond acceptors (Lipinski definition) is 5. The van der Waals surface area contributed by atoms with Gasteiger partial charge in [0.15, 0.2) is 0 Å². The Hall–Kier alpha value is -1.10. The molecule has 1 aliphatic rings. The number of ether oxygens (including phenoxy) is 2. The van der Waals surface area contributed by atoms with E-state index < -0.39 is 11.2 Å². The number of carbonyl (C=O) groups excluding carboxylic acids is 2. The van der Waals surface area contributed by atoms with Crippen LogP contribution < -0.4 is 0 Å². The SMILES string of the molecule is CCCCCCCCCCC[C@@]1(CC)CCCC(=O)O[C@@](CO)(CCCCCCCCCCC)CCCC(=O)O1. The lowest BCUT2D eigenvalue weighted by atomic mass is 9.86. The molecule has 0 saturated carbocycles. The van der Waals surface area contributed by atoms with Crippen LogP contribution in [0.3, 0.4) is 0 Å². The second kappa shape index (κ2) is 23.5. The first-order valence-electron chi connectivity index (χ1n) is 17.5. The number of aliphatic hydroxyl groups excluding tert-OH is 1. The quantitative estimate of drug-likeness (QED) is 0.104. The molecule has 1 N–H and O–H groups in total. The van der Waals surface area contributed by atoms with Crippen LogP contribution in [0.15, 0.2) is 0 Å². The summed E-state index contributed by atoms with van der Waals surface area (Å²) in [5.74, 6) is -0.357. The number of cyclic esters (lactones) is 2. The van der Waals surface area contributed by atoms with Crippen LogP contribution in [-0.4, -0.2) is 34.9 Å². The second-order valence-electron chi connectivity index (χ2n) is 12.7. The van der Waals surface area contributed by atoms with Gasteiger partial charge in [-0.15, -0.1) is 0 Å². The molecular formula is C35H66O5. The maximum atomic E-state index is 12.9. The van der Waals surface area contributed by atoms with Crippen molar-refractivity contribution in [2.45, 2.75) is 205 Å². The highest BCUT2D eigenvalue weighted by Gasteiger charge is 2.36. The van der Waals surface area contributed by atoms with Gasteiger partial charge in [0.05, 0.1) is 6.61 Å². The lowest BCUT2D eigenvalue weighted by molar-refractivity contribution is -0.170. The molecule has 1 aliphatic heterocycles. The van der Waals surface area contributed by atoms with Crippen LogP contribution in [0.25, 0.3) is 0 Å². The predicted molar refractivity (Wildman–Crippen MR) is 166 cm³/mol. The van der Waals surface area contributed by atoms with E-state index in [-0.39, 0.29) is 18.5 Å². The maximum Gasteiger partial charge on any atom is 0.306 e. The summed E-state index contributed by atoms with van der Waals surface area (Å²) < 4.78 is 12.2. The van der Waals surface area contributed by atoms with Crippen LogP contribution in [0.5, 0.6) is 0 Å². The molecule has 0 aromatic carbocycles. The van der Waals surface area contributed by atoms with E-state index in [0.29, 0.717) is 44.9 Å². The molecule has 236 valence electrons. The third-order valence-corrected chi connectivity index (χ3v) is 9.09. The Labute approximate surface area is 247 Å². The number of unbranched alkanes of at least 4 members (excludes halogenated alkanes) is 16. The smallest absolute Gasteiger partial charge is 0.306 e. The number of rotatable bonds is 22. The van der Waals surface area contributed by atoms with Crippen LogP contribution in [0.2, 0.25) is 0 Å². The molecule has 0 radical (unpaired) electrons. The van der Waals surface area contributed by atoms with Gasteiger partial charge in [-0.25, -0.2) is 0 Å². The van der Waals surface area contributed by atoms with Gasteiger partial charge in [0.2, 0.25) is 0 Å². The highest BCUT2D eigenvalue weighted by Crippen LogP contribution is 2.33. The lowest BCUT2D eigenvalue weighted by Crippen LogP contribution is -2.40. The Morgan fingerprint density at radius 2 is 0.900 bits per heavy atom. The largest absolute Gasteiger partial charge is 0.459 e. The van der Waals surface area contributed by atoms with Gasteiger partial charge < -0.3 is 14.6 Å². The highest BCUT2D eigenvalue weighted by molar-refractivity contribution is 5.71. The van der Waals surface area contributed by atoms with Crippen LogP contribution >= 0.6 is 0 Å². The Bertz CT molecular complexity index is 581. The molecule has 0 spiro atoms. The lowest BCUT2D eigenvalue weighted by Gasteiger charge is -2.35. The normalized spacial score (nSPS) is 22.8. The molecule has 1 saturated heterocycles. The molecule has 1 rings (SSSR count). The van der Waals surface area contributed by atoms with E-state index in [4.69, 9.17) is 9.47 Å². The summed E-state index contributed by atoms with van der Waals surface area (Å²) in [5.41, 5.74) is -1.33. The van der Waals surface area contributed by atoms with Gasteiger partial charge in [-0.3, -0.25) is 9.59 Å². The summed E-state index contributed by atoms with van der Waals surface area (Å²) in [4.78, 5) is 25.8. The molecule has 5 heteroatoms. The molecular weight excluding hydrogens is 500 g/mol. The molecule has 5 nitrogen and oxygen atoms in total. The first-order chi connectivity index (χ1) is 19.4. The second-order valence-corrected chi connectivity index (χ2v) is 12.7. The van der Waals surface area contributed by atoms with Crippen molar-refractivity contribution in [2.75, 3.05) is 6.61 Å². The minimum atomic E-state index is -0.865. The highest BCUT2D eigenvalue weighted by atomic mass is 16.6. The number of hydrogen-bond donors (Lipinski definition) is 1. The average Bonchev–Trinajstić information content (AvgIpc) is 2.94. The molecule has 40 heavy (non-hydrogen) atoms. The van der Waals surface area contributed by atoms with Crippen LogP contribution in [0.1, 0.15) is 194 Å². The van der Waals surface area contributed by atoms with Gasteiger partial charge in [0, 0.05) is 12.8 Å². The summed E-state index contributed by atoms with van der Waals surface area (Å²) in [6.45, 7) is 6.42. The van der Waals surface area contributed by atoms with Crippen LogP contribution in [0.4, 0.5) is 0 Å². The average molecular weight is 567 g/mol.